The number of hydrogen-bond donors (Lipinski definition) is 2. The van der Waals surface area contributed by atoms with E-state index in [0.717, 1.165) is 43.6 Å². The molecule has 4 rings (SSSR count). The van der Waals surface area contributed by atoms with Gasteiger partial charge in [0.25, 0.3) is 0 Å². The first kappa shape index (κ1) is 21.8. The normalized spacial score (nSPS) is 11.5. The van der Waals surface area contributed by atoms with Crippen molar-refractivity contribution in [3.8, 4) is 0 Å². The molecule has 0 aliphatic rings. The summed E-state index contributed by atoms with van der Waals surface area (Å²) >= 11 is 1.65. The SMILES string of the molecule is CC(=O)Nc1ccc(Sc2ccc(C)cc2Nc2ncnc3c2cnn3C(C)(C)C)cc1. The first-order valence-corrected chi connectivity index (χ1v) is 11.1. The summed E-state index contributed by atoms with van der Waals surface area (Å²) in [7, 11) is 0. The summed E-state index contributed by atoms with van der Waals surface area (Å²) < 4.78 is 1.91. The van der Waals surface area contributed by atoms with Crippen LogP contribution in [0.15, 0.2) is 64.8 Å². The van der Waals surface area contributed by atoms with Gasteiger partial charge in [-0.15, -0.1) is 0 Å². The lowest BCUT2D eigenvalue weighted by Crippen LogP contribution is -2.23. The maximum atomic E-state index is 11.2. The summed E-state index contributed by atoms with van der Waals surface area (Å²) in [5.74, 6) is 0.639. The van der Waals surface area contributed by atoms with Crippen molar-refractivity contribution in [3.05, 3.63) is 60.6 Å². The van der Waals surface area contributed by atoms with Crippen LogP contribution in [-0.2, 0) is 10.3 Å². The molecular weight excluding hydrogens is 420 g/mol. The van der Waals surface area contributed by atoms with Gasteiger partial charge >= 0.3 is 0 Å². The van der Waals surface area contributed by atoms with E-state index in [1.807, 2.05) is 35.1 Å². The van der Waals surface area contributed by atoms with Crippen molar-refractivity contribution in [3.63, 3.8) is 0 Å². The van der Waals surface area contributed by atoms with Crippen LogP contribution in [0.5, 0.6) is 0 Å². The summed E-state index contributed by atoms with van der Waals surface area (Å²) in [5, 5.41) is 11.7. The van der Waals surface area contributed by atoms with Gasteiger partial charge in [-0.2, -0.15) is 5.10 Å². The fourth-order valence-corrected chi connectivity index (χ4v) is 4.21. The third-order valence-electron chi connectivity index (χ3n) is 4.79. The Balaban J connectivity index is 1.65. The molecule has 0 atom stereocenters. The lowest BCUT2D eigenvalue weighted by molar-refractivity contribution is -0.114. The molecule has 0 radical (unpaired) electrons. The maximum absolute atomic E-state index is 11.2. The fraction of sp³-hybridized carbons (Fsp3) is 0.250. The van der Waals surface area contributed by atoms with Crippen molar-refractivity contribution in [1.82, 2.24) is 19.7 Å². The third kappa shape index (κ3) is 4.75. The molecule has 0 saturated heterocycles. The van der Waals surface area contributed by atoms with Crippen LogP contribution in [-0.4, -0.2) is 25.7 Å². The molecular formula is C24H26N6OS. The number of carbonyl (C=O) groups is 1. The monoisotopic (exact) mass is 446 g/mol. The number of amides is 1. The van der Waals surface area contributed by atoms with E-state index in [0.29, 0.717) is 0 Å². The zero-order valence-electron chi connectivity index (χ0n) is 18.8. The quantitative estimate of drug-likeness (QED) is 0.406. The summed E-state index contributed by atoms with van der Waals surface area (Å²) in [5.41, 5.74) is 3.51. The Morgan fingerprint density at radius 1 is 1.06 bits per heavy atom. The average Bonchev–Trinajstić information content (AvgIpc) is 3.17. The van der Waals surface area contributed by atoms with E-state index in [2.05, 4.69) is 71.6 Å². The zero-order chi connectivity index (χ0) is 22.9. The number of anilines is 3. The highest BCUT2D eigenvalue weighted by atomic mass is 32.2. The fourth-order valence-electron chi connectivity index (χ4n) is 3.33. The number of hydrogen-bond acceptors (Lipinski definition) is 6. The Bertz CT molecular complexity index is 1270. The van der Waals surface area contributed by atoms with E-state index < -0.39 is 0 Å². The Morgan fingerprint density at radius 2 is 1.81 bits per heavy atom. The Labute approximate surface area is 191 Å². The van der Waals surface area contributed by atoms with Crippen LogP contribution in [0.1, 0.15) is 33.3 Å². The van der Waals surface area contributed by atoms with Gasteiger partial charge in [0, 0.05) is 22.4 Å². The lowest BCUT2D eigenvalue weighted by Gasteiger charge is -2.19. The molecule has 8 heteroatoms. The third-order valence-corrected chi connectivity index (χ3v) is 5.88. The van der Waals surface area contributed by atoms with Gasteiger partial charge in [-0.1, -0.05) is 17.8 Å². The zero-order valence-corrected chi connectivity index (χ0v) is 19.6. The Hall–Kier alpha value is -3.39. The van der Waals surface area contributed by atoms with Crippen molar-refractivity contribution in [2.75, 3.05) is 10.6 Å². The van der Waals surface area contributed by atoms with Crippen molar-refractivity contribution in [1.29, 1.82) is 0 Å². The number of nitrogens with one attached hydrogen (secondary N) is 2. The summed E-state index contributed by atoms with van der Waals surface area (Å²) in [4.78, 5) is 22.3. The van der Waals surface area contributed by atoms with E-state index in [-0.39, 0.29) is 11.4 Å². The predicted molar refractivity (Wildman–Crippen MR) is 130 cm³/mol. The van der Waals surface area contributed by atoms with Gasteiger partial charge in [0.2, 0.25) is 5.91 Å². The highest BCUT2D eigenvalue weighted by Gasteiger charge is 2.20. The van der Waals surface area contributed by atoms with E-state index in [9.17, 15) is 4.79 Å². The number of rotatable bonds is 5. The van der Waals surface area contributed by atoms with Crippen LogP contribution >= 0.6 is 11.8 Å². The predicted octanol–water partition coefficient (Wildman–Crippen LogP) is 5.74. The molecule has 0 unspecified atom stereocenters. The average molecular weight is 447 g/mol. The van der Waals surface area contributed by atoms with E-state index >= 15 is 0 Å². The molecule has 2 heterocycles. The molecule has 0 bridgehead atoms. The molecule has 4 aromatic rings. The van der Waals surface area contributed by atoms with Gasteiger partial charge in [0.1, 0.15) is 12.1 Å². The second-order valence-corrected chi connectivity index (χ2v) is 9.73. The summed E-state index contributed by atoms with van der Waals surface area (Å²) in [6.07, 6.45) is 3.38. The second-order valence-electron chi connectivity index (χ2n) is 8.62. The van der Waals surface area contributed by atoms with E-state index in [4.69, 9.17) is 0 Å². The van der Waals surface area contributed by atoms with Crippen LogP contribution < -0.4 is 10.6 Å². The lowest BCUT2D eigenvalue weighted by atomic mass is 10.1. The molecule has 32 heavy (non-hydrogen) atoms. The standard InChI is InChI=1S/C24H26N6OS/c1-15-6-11-21(32-18-9-7-17(8-10-18)28-16(2)31)20(12-15)29-22-19-13-27-30(24(3,4)5)23(19)26-14-25-22/h6-14H,1-5H3,(H,28,31)(H,25,26,29). The molecule has 0 fully saturated rings. The molecule has 2 N–H and O–H groups in total. The Kier molecular flexibility index (Phi) is 5.88. The molecule has 0 aliphatic heterocycles. The Morgan fingerprint density at radius 3 is 2.50 bits per heavy atom. The van der Waals surface area contributed by atoms with Crippen LogP contribution in [0.3, 0.4) is 0 Å². The van der Waals surface area contributed by atoms with E-state index in [1.165, 1.54) is 6.92 Å². The largest absolute Gasteiger partial charge is 0.339 e. The van der Waals surface area contributed by atoms with Crippen LogP contribution in [0.25, 0.3) is 11.0 Å². The van der Waals surface area contributed by atoms with Crippen molar-refractivity contribution < 1.29 is 4.79 Å². The van der Waals surface area contributed by atoms with Gasteiger partial charge in [-0.3, -0.25) is 4.79 Å². The molecule has 0 spiro atoms. The van der Waals surface area contributed by atoms with Gasteiger partial charge in [-0.25, -0.2) is 14.6 Å². The van der Waals surface area contributed by atoms with Crippen molar-refractivity contribution >= 4 is 45.9 Å². The minimum atomic E-state index is -0.179. The molecule has 0 aliphatic carbocycles. The van der Waals surface area contributed by atoms with Crippen LogP contribution in [0.4, 0.5) is 17.2 Å². The molecule has 2 aromatic heterocycles. The smallest absolute Gasteiger partial charge is 0.221 e. The number of benzene rings is 2. The summed E-state index contributed by atoms with van der Waals surface area (Å²) in [6.45, 7) is 9.86. The molecule has 0 saturated carbocycles. The minimum absolute atomic E-state index is 0.0821. The summed E-state index contributed by atoms with van der Waals surface area (Å²) in [6, 6.07) is 14.1. The molecule has 1 amide bonds. The number of fused-ring (bicyclic) bond motifs is 1. The number of aromatic nitrogens is 4. The number of nitrogens with zero attached hydrogens (tertiary/aromatic N) is 4. The van der Waals surface area contributed by atoms with Crippen LogP contribution in [0.2, 0.25) is 0 Å². The van der Waals surface area contributed by atoms with Gasteiger partial charge in [0.05, 0.1) is 22.8 Å². The van der Waals surface area contributed by atoms with Crippen LogP contribution in [0, 0.1) is 6.92 Å². The minimum Gasteiger partial charge on any atom is -0.339 e. The first-order valence-electron chi connectivity index (χ1n) is 10.3. The van der Waals surface area contributed by atoms with E-state index in [1.54, 1.807) is 18.1 Å². The van der Waals surface area contributed by atoms with Crippen molar-refractivity contribution in [2.45, 2.75) is 49.9 Å². The second kappa shape index (κ2) is 8.63. The number of aryl methyl sites for hydroxylation is 1. The van der Waals surface area contributed by atoms with Gasteiger partial charge in [0.15, 0.2) is 5.65 Å². The maximum Gasteiger partial charge on any atom is 0.221 e. The molecule has 164 valence electrons. The van der Waals surface area contributed by atoms with Crippen molar-refractivity contribution in [2.24, 2.45) is 0 Å². The highest BCUT2D eigenvalue weighted by Crippen LogP contribution is 2.37. The van der Waals surface area contributed by atoms with Gasteiger partial charge in [-0.05, 0) is 69.7 Å². The molecule has 2 aromatic carbocycles. The topological polar surface area (TPSA) is 84.7 Å². The van der Waals surface area contributed by atoms with Gasteiger partial charge < -0.3 is 10.6 Å². The highest BCUT2D eigenvalue weighted by molar-refractivity contribution is 7.99. The molecule has 7 nitrogen and oxygen atoms in total. The number of carbonyl (C=O) groups excluding carboxylic acids is 1. The first-order chi connectivity index (χ1) is 15.2.